The molecule has 0 radical (unpaired) electrons. The van der Waals surface area contributed by atoms with E-state index in [9.17, 15) is 8.42 Å². The van der Waals surface area contributed by atoms with Crippen LogP contribution in [0.25, 0.3) is 11.3 Å². The lowest BCUT2D eigenvalue weighted by atomic mass is 9.90. The summed E-state index contributed by atoms with van der Waals surface area (Å²) in [6.45, 7) is 0. The van der Waals surface area contributed by atoms with Crippen molar-refractivity contribution in [2.75, 3.05) is 4.72 Å². The van der Waals surface area contributed by atoms with E-state index in [0.29, 0.717) is 10.7 Å². The fraction of sp³-hybridized carbons (Fsp3) is 0.200. The Morgan fingerprint density at radius 1 is 1.07 bits per heavy atom. The van der Waals surface area contributed by atoms with Crippen LogP contribution in [0.2, 0.25) is 0 Å². The number of fused-ring (bicyclic) bond motifs is 1. The number of nitrogens with zero attached hydrogens (tertiary/aromatic N) is 2. The molecule has 136 valence electrons. The zero-order valence-electron chi connectivity index (χ0n) is 14.5. The fourth-order valence-corrected chi connectivity index (χ4v) is 5.27. The summed E-state index contributed by atoms with van der Waals surface area (Å²) in [6, 6.07) is 14.2. The van der Waals surface area contributed by atoms with Gasteiger partial charge in [0, 0.05) is 10.9 Å². The third-order valence-corrected chi connectivity index (χ3v) is 6.87. The quantitative estimate of drug-likeness (QED) is 0.711. The zero-order valence-corrected chi connectivity index (χ0v) is 16.1. The summed E-state index contributed by atoms with van der Waals surface area (Å²) in [7, 11) is -3.78. The van der Waals surface area contributed by atoms with E-state index in [0.717, 1.165) is 24.1 Å². The van der Waals surface area contributed by atoms with Crippen LogP contribution in [0.5, 0.6) is 0 Å². The van der Waals surface area contributed by atoms with Gasteiger partial charge in [0.1, 0.15) is 0 Å². The van der Waals surface area contributed by atoms with Gasteiger partial charge in [0.15, 0.2) is 5.13 Å². The molecular formula is C20H17N3O2S2. The lowest BCUT2D eigenvalue weighted by Gasteiger charge is -2.16. The molecule has 1 N–H and O–H groups in total. The Morgan fingerprint density at radius 3 is 2.70 bits per heavy atom. The van der Waals surface area contributed by atoms with Gasteiger partial charge in [-0.3, -0.25) is 4.72 Å². The molecule has 0 saturated heterocycles. The van der Waals surface area contributed by atoms with Gasteiger partial charge in [0.25, 0.3) is 10.0 Å². The molecule has 0 aliphatic heterocycles. The number of hydrogen-bond donors (Lipinski definition) is 1. The maximum Gasteiger partial charge on any atom is 0.263 e. The average molecular weight is 396 g/mol. The summed E-state index contributed by atoms with van der Waals surface area (Å²) in [4.78, 5) is 4.49. The van der Waals surface area contributed by atoms with Gasteiger partial charge >= 0.3 is 0 Å². The Balaban J connectivity index is 1.58. The van der Waals surface area contributed by atoms with Crippen molar-refractivity contribution in [3.8, 4) is 17.3 Å². The number of aryl methyl sites for hydroxylation is 2. The van der Waals surface area contributed by atoms with Gasteiger partial charge in [0.05, 0.1) is 22.2 Å². The molecule has 27 heavy (non-hydrogen) atoms. The Labute approximate surface area is 162 Å². The fourth-order valence-electron chi connectivity index (χ4n) is 3.25. The standard InChI is InChI=1S/C20H17N3O2S2/c21-12-14-4-3-7-18(10-14)27(24,25)23-20-22-19(13-26-20)17-9-8-15-5-1-2-6-16(15)11-17/h3-4,7-11,13H,1-2,5-6H2,(H,22,23). The highest BCUT2D eigenvalue weighted by atomic mass is 32.2. The van der Waals surface area contributed by atoms with E-state index in [4.69, 9.17) is 5.26 Å². The molecule has 0 saturated carbocycles. The SMILES string of the molecule is N#Cc1cccc(S(=O)(=O)Nc2nc(-c3ccc4c(c3)CCCC4)cs2)c1. The number of anilines is 1. The minimum absolute atomic E-state index is 0.0482. The minimum atomic E-state index is -3.78. The van der Waals surface area contributed by atoms with Crippen LogP contribution >= 0.6 is 11.3 Å². The van der Waals surface area contributed by atoms with Crippen LogP contribution in [0.3, 0.4) is 0 Å². The van der Waals surface area contributed by atoms with Crippen molar-refractivity contribution < 1.29 is 8.42 Å². The molecule has 0 fully saturated rings. The topological polar surface area (TPSA) is 82.8 Å². The molecule has 0 atom stereocenters. The van der Waals surface area contributed by atoms with Crippen LogP contribution in [0.15, 0.2) is 52.7 Å². The van der Waals surface area contributed by atoms with Crippen LogP contribution in [0, 0.1) is 11.3 Å². The first-order valence-electron chi connectivity index (χ1n) is 8.66. The second-order valence-electron chi connectivity index (χ2n) is 6.47. The molecule has 0 spiro atoms. The second-order valence-corrected chi connectivity index (χ2v) is 9.01. The van der Waals surface area contributed by atoms with Crippen molar-refractivity contribution in [3.05, 3.63) is 64.5 Å². The van der Waals surface area contributed by atoms with Crippen molar-refractivity contribution in [2.24, 2.45) is 0 Å². The van der Waals surface area contributed by atoms with E-state index in [2.05, 4.69) is 21.8 Å². The Morgan fingerprint density at radius 2 is 1.89 bits per heavy atom. The van der Waals surface area contributed by atoms with Crippen molar-refractivity contribution in [1.82, 2.24) is 4.98 Å². The molecule has 7 heteroatoms. The van der Waals surface area contributed by atoms with Crippen LogP contribution in [-0.2, 0) is 22.9 Å². The van der Waals surface area contributed by atoms with Gasteiger partial charge in [0.2, 0.25) is 0 Å². The number of nitriles is 1. The third-order valence-electron chi connectivity index (χ3n) is 4.64. The first-order chi connectivity index (χ1) is 13.0. The number of benzene rings is 2. The number of aromatic nitrogens is 1. The first-order valence-corrected chi connectivity index (χ1v) is 11.0. The van der Waals surface area contributed by atoms with Gasteiger partial charge in [-0.1, -0.05) is 18.2 Å². The van der Waals surface area contributed by atoms with Crippen molar-refractivity contribution in [1.29, 1.82) is 5.26 Å². The van der Waals surface area contributed by atoms with Gasteiger partial charge < -0.3 is 0 Å². The van der Waals surface area contributed by atoms with Crippen LogP contribution in [-0.4, -0.2) is 13.4 Å². The lowest BCUT2D eigenvalue weighted by molar-refractivity contribution is 0.601. The Kier molecular flexibility index (Phi) is 4.68. The van der Waals surface area contributed by atoms with E-state index in [-0.39, 0.29) is 4.90 Å². The van der Waals surface area contributed by atoms with Gasteiger partial charge in [-0.05, 0) is 61.1 Å². The molecular weight excluding hydrogens is 378 g/mol. The maximum atomic E-state index is 12.6. The molecule has 1 heterocycles. The monoisotopic (exact) mass is 395 g/mol. The number of thiazole rings is 1. The highest BCUT2D eigenvalue weighted by Gasteiger charge is 2.17. The van der Waals surface area contributed by atoms with E-state index in [1.807, 2.05) is 17.5 Å². The number of nitrogens with one attached hydrogen (secondary N) is 1. The van der Waals surface area contributed by atoms with Crippen molar-refractivity contribution >= 4 is 26.5 Å². The largest absolute Gasteiger partial charge is 0.263 e. The predicted octanol–water partition coefficient (Wildman–Crippen LogP) is 4.36. The van der Waals surface area contributed by atoms with E-state index >= 15 is 0 Å². The molecule has 4 rings (SSSR count). The van der Waals surface area contributed by atoms with E-state index in [1.54, 1.807) is 12.1 Å². The van der Waals surface area contributed by atoms with Crippen LogP contribution in [0.4, 0.5) is 5.13 Å². The molecule has 2 aromatic carbocycles. The molecule has 0 unspecified atom stereocenters. The summed E-state index contributed by atoms with van der Waals surface area (Å²) in [5, 5.41) is 11.1. The summed E-state index contributed by atoms with van der Waals surface area (Å²) in [6.07, 6.45) is 4.66. The molecule has 1 aromatic heterocycles. The number of hydrogen-bond acceptors (Lipinski definition) is 5. The summed E-state index contributed by atoms with van der Waals surface area (Å²) < 4.78 is 27.6. The van der Waals surface area contributed by atoms with E-state index in [1.165, 1.54) is 47.4 Å². The Hall–Kier alpha value is -2.69. The molecule has 3 aromatic rings. The zero-order chi connectivity index (χ0) is 18.9. The predicted molar refractivity (Wildman–Crippen MR) is 106 cm³/mol. The number of sulfonamides is 1. The second kappa shape index (κ2) is 7.14. The summed E-state index contributed by atoms with van der Waals surface area (Å²) >= 11 is 1.25. The van der Waals surface area contributed by atoms with Crippen molar-refractivity contribution in [3.63, 3.8) is 0 Å². The van der Waals surface area contributed by atoms with Crippen LogP contribution in [0.1, 0.15) is 29.5 Å². The maximum absolute atomic E-state index is 12.6. The molecule has 1 aliphatic rings. The first kappa shape index (κ1) is 17.7. The highest BCUT2D eigenvalue weighted by Crippen LogP contribution is 2.30. The molecule has 5 nitrogen and oxygen atoms in total. The van der Waals surface area contributed by atoms with Gasteiger partial charge in [-0.2, -0.15) is 5.26 Å². The molecule has 0 amide bonds. The van der Waals surface area contributed by atoms with E-state index < -0.39 is 10.0 Å². The van der Waals surface area contributed by atoms with Crippen LogP contribution < -0.4 is 4.72 Å². The minimum Gasteiger partial charge on any atom is -0.255 e. The Bertz CT molecular complexity index is 1140. The van der Waals surface area contributed by atoms with Crippen molar-refractivity contribution in [2.45, 2.75) is 30.6 Å². The van der Waals surface area contributed by atoms with Gasteiger partial charge in [-0.25, -0.2) is 13.4 Å². The smallest absolute Gasteiger partial charge is 0.255 e. The molecule has 0 bridgehead atoms. The highest BCUT2D eigenvalue weighted by molar-refractivity contribution is 7.93. The number of rotatable bonds is 4. The summed E-state index contributed by atoms with van der Waals surface area (Å²) in [5.74, 6) is 0. The third kappa shape index (κ3) is 3.72. The summed E-state index contributed by atoms with van der Waals surface area (Å²) in [5.41, 5.74) is 4.83. The molecule has 1 aliphatic carbocycles. The lowest BCUT2D eigenvalue weighted by Crippen LogP contribution is -2.12. The normalized spacial score (nSPS) is 13.6. The van der Waals surface area contributed by atoms with Gasteiger partial charge in [-0.15, -0.1) is 11.3 Å². The average Bonchev–Trinajstić information content (AvgIpc) is 3.15.